The van der Waals surface area contributed by atoms with Gasteiger partial charge in [-0.2, -0.15) is 0 Å². The van der Waals surface area contributed by atoms with E-state index in [0.717, 1.165) is 18.4 Å². The molecular formula is C13H18BF2NO4S. The van der Waals surface area contributed by atoms with Crippen molar-refractivity contribution in [3.63, 3.8) is 0 Å². The molecule has 5 nitrogen and oxygen atoms in total. The molecule has 1 fully saturated rings. The zero-order valence-corrected chi connectivity index (χ0v) is 13.8. The molecule has 0 atom stereocenters. The van der Waals surface area contributed by atoms with Gasteiger partial charge in [-0.1, -0.05) is 0 Å². The molecule has 1 aromatic rings. The van der Waals surface area contributed by atoms with Crippen LogP contribution in [0.25, 0.3) is 0 Å². The third kappa shape index (κ3) is 3.26. The highest BCUT2D eigenvalue weighted by Crippen LogP contribution is 2.37. The van der Waals surface area contributed by atoms with Crippen LogP contribution >= 0.6 is 0 Å². The van der Waals surface area contributed by atoms with Crippen molar-refractivity contribution >= 4 is 28.3 Å². The Morgan fingerprint density at radius 3 is 1.82 bits per heavy atom. The molecule has 1 aromatic carbocycles. The van der Waals surface area contributed by atoms with Crippen molar-refractivity contribution in [1.82, 2.24) is 0 Å². The molecule has 1 aliphatic heterocycles. The minimum Gasteiger partial charge on any atom is -0.399 e. The van der Waals surface area contributed by atoms with E-state index in [1.807, 2.05) is 4.72 Å². The van der Waals surface area contributed by atoms with Crippen LogP contribution in [0.15, 0.2) is 12.1 Å². The molecule has 1 aliphatic rings. The normalized spacial score (nSPS) is 20.2. The molecular weight excluding hydrogens is 315 g/mol. The molecule has 0 saturated carbocycles. The van der Waals surface area contributed by atoms with Gasteiger partial charge >= 0.3 is 7.12 Å². The van der Waals surface area contributed by atoms with Crippen molar-refractivity contribution in [2.24, 2.45) is 0 Å². The molecule has 2 rings (SSSR count). The van der Waals surface area contributed by atoms with Gasteiger partial charge in [-0.25, -0.2) is 17.2 Å². The quantitative estimate of drug-likeness (QED) is 0.854. The number of hydrogen-bond acceptors (Lipinski definition) is 4. The lowest BCUT2D eigenvalue weighted by Crippen LogP contribution is -2.41. The molecule has 9 heteroatoms. The predicted molar refractivity (Wildman–Crippen MR) is 80.5 cm³/mol. The fourth-order valence-corrected chi connectivity index (χ4v) is 2.59. The second-order valence-electron chi connectivity index (χ2n) is 6.32. The minimum absolute atomic E-state index is 0.197. The van der Waals surface area contributed by atoms with E-state index in [2.05, 4.69) is 0 Å². The summed E-state index contributed by atoms with van der Waals surface area (Å²) in [6.07, 6.45) is 0.894. The first-order valence-corrected chi connectivity index (χ1v) is 8.54. The fourth-order valence-electron chi connectivity index (χ4n) is 2.04. The summed E-state index contributed by atoms with van der Waals surface area (Å²) in [5.41, 5.74) is -2.05. The van der Waals surface area contributed by atoms with Crippen LogP contribution in [-0.2, 0) is 19.3 Å². The number of hydrogen-bond donors (Lipinski definition) is 1. The molecule has 0 amide bonds. The number of nitrogens with one attached hydrogen (secondary N) is 1. The Labute approximate surface area is 129 Å². The highest BCUT2D eigenvalue weighted by atomic mass is 32.2. The molecule has 0 aromatic heterocycles. The van der Waals surface area contributed by atoms with Crippen LogP contribution in [0.1, 0.15) is 27.7 Å². The number of benzene rings is 1. The fraction of sp³-hybridized carbons (Fsp3) is 0.538. The van der Waals surface area contributed by atoms with Gasteiger partial charge in [0.25, 0.3) is 0 Å². The van der Waals surface area contributed by atoms with Crippen molar-refractivity contribution < 1.29 is 26.5 Å². The molecule has 0 bridgehead atoms. The number of halogens is 2. The van der Waals surface area contributed by atoms with Gasteiger partial charge in [-0.15, -0.1) is 0 Å². The minimum atomic E-state index is -3.63. The molecule has 1 heterocycles. The maximum absolute atomic E-state index is 14.2. The lowest BCUT2D eigenvalue weighted by atomic mass is 9.78. The molecule has 0 aliphatic carbocycles. The standard InChI is InChI=1S/C13H18BF2NO4S/c1-12(2)13(3,4)21-14(20-12)11-9(15)6-8(7-10(11)16)17-22(5,18)19/h6-7,17H,1-5H3. The van der Waals surface area contributed by atoms with Crippen LogP contribution in [0.5, 0.6) is 0 Å². The van der Waals surface area contributed by atoms with Gasteiger partial charge in [0, 0.05) is 0 Å². The van der Waals surface area contributed by atoms with Crippen LogP contribution in [-0.4, -0.2) is 33.0 Å². The van der Waals surface area contributed by atoms with Crippen molar-refractivity contribution in [1.29, 1.82) is 0 Å². The van der Waals surface area contributed by atoms with E-state index in [1.165, 1.54) is 0 Å². The van der Waals surface area contributed by atoms with Crippen LogP contribution in [0.2, 0.25) is 0 Å². The van der Waals surface area contributed by atoms with E-state index in [-0.39, 0.29) is 11.2 Å². The Morgan fingerprint density at radius 2 is 1.45 bits per heavy atom. The third-order valence-electron chi connectivity index (χ3n) is 3.87. The van der Waals surface area contributed by atoms with Crippen molar-refractivity contribution in [2.45, 2.75) is 38.9 Å². The molecule has 0 radical (unpaired) electrons. The molecule has 0 spiro atoms. The summed E-state index contributed by atoms with van der Waals surface area (Å²) in [4.78, 5) is 0. The summed E-state index contributed by atoms with van der Waals surface area (Å²) in [6, 6.07) is 1.79. The van der Waals surface area contributed by atoms with Crippen molar-refractivity contribution in [2.75, 3.05) is 11.0 Å². The SMILES string of the molecule is CC1(C)OB(c2c(F)cc(NS(C)(=O)=O)cc2F)OC1(C)C. The summed E-state index contributed by atoms with van der Waals surface area (Å²) in [7, 11) is -4.82. The van der Waals surface area contributed by atoms with Gasteiger partial charge in [0.05, 0.1) is 28.6 Å². The van der Waals surface area contributed by atoms with Gasteiger partial charge < -0.3 is 9.31 Å². The lowest BCUT2D eigenvalue weighted by Gasteiger charge is -2.32. The van der Waals surface area contributed by atoms with Crippen LogP contribution in [0, 0.1) is 11.6 Å². The Balaban J connectivity index is 2.38. The number of rotatable bonds is 3. The largest absolute Gasteiger partial charge is 0.500 e. The monoisotopic (exact) mass is 333 g/mol. The molecule has 1 N–H and O–H groups in total. The van der Waals surface area contributed by atoms with Crippen LogP contribution < -0.4 is 10.2 Å². The van der Waals surface area contributed by atoms with Crippen molar-refractivity contribution in [3.8, 4) is 0 Å². The predicted octanol–water partition coefficient (Wildman–Crippen LogP) is 1.64. The summed E-state index contributed by atoms with van der Waals surface area (Å²) < 4.78 is 63.9. The number of sulfonamides is 1. The van der Waals surface area contributed by atoms with Crippen molar-refractivity contribution in [3.05, 3.63) is 23.8 Å². The Bertz CT molecular complexity index is 667. The van der Waals surface area contributed by atoms with E-state index in [9.17, 15) is 17.2 Å². The van der Waals surface area contributed by atoms with Gasteiger partial charge in [0.15, 0.2) is 0 Å². The smallest absolute Gasteiger partial charge is 0.399 e. The zero-order chi connectivity index (χ0) is 16.9. The van der Waals surface area contributed by atoms with Gasteiger partial charge in [-0.3, -0.25) is 4.72 Å². The summed E-state index contributed by atoms with van der Waals surface area (Å²) in [5.74, 6) is -1.88. The topological polar surface area (TPSA) is 64.6 Å². The highest BCUT2D eigenvalue weighted by molar-refractivity contribution is 7.92. The van der Waals surface area contributed by atoms with E-state index < -0.39 is 40.0 Å². The van der Waals surface area contributed by atoms with Crippen LogP contribution in [0.3, 0.4) is 0 Å². The lowest BCUT2D eigenvalue weighted by molar-refractivity contribution is 0.00578. The molecule has 22 heavy (non-hydrogen) atoms. The average Bonchev–Trinajstić information content (AvgIpc) is 2.43. The Morgan fingerprint density at radius 1 is 1.05 bits per heavy atom. The molecule has 0 unspecified atom stereocenters. The molecule has 122 valence electrons. The summed E-state index contributed by atoms with van der Waals surface area (Å²) >= 11 is 0. The average molecular weight is 333 g/mol. The van der Waals surface area contributed by atoms with Gasteiger partial charge in [0.1, 0.15) is 11.6 Å². The zero-order valence-electron chi connectivity index (χ0n) is 13.0. The van der Waals surface area contributed by atoms with E-state index in [4.69, 9.17) is 9.31 Å². The highest BCUT2D eigenvalue weighted by Gasteiger charge is 2.53. The van der Waals surface area contributed by atoms with E-state index >= 15 is 0 Å². The summed E-state index contributed by atoms with van der Waals surface area (Å²) in [5, 5.41) is 0. The second kappa shape index (κ2) is 5.18. The Kier molecular flexibility index (Phi) is 4.04. The first-order chi connectivity index (χ1) is 9.82. The van der Waals surface area contributed by atoms with Crippen LogP contribution in [0.4, 0.5) is 14.5 Å². The Hall–Kier alpha value is -1.19. The maximum Gasteiger partial charge on any atom is 0.500 e. The first kappa shape index (κ1) is 17.2. The van der Waals surface area contributed by atoms with Gasteiger partial charge in [-0.05, 0) is 39.8 Å². The van der Waals surface area contributed by atoms with Gasteiger partial charge in [0.2, 0.25) is 10.0 Å². The summed E-state index contributed by atoms with van der Waals surface area (Å²) in [6.45, 7) is 7.07. The first-order valence-electron chi connectivity index (χ1n) is 6.65. The third-order valence-corrected chi connectivity index (χ3v) is 4.48. The number of anilines is 1. The van der Waals surface area contributed by atoms with E-state index in [1.54, 1.807) is 27.7 Å². The molecule has 1 saturated heterocycles. The second-order valence-corrected chi connectivity index (χ2v) is 8.06. The maximum atomic E-state index is 14.2. The van der Waals surface area contributed by atoms with E-state index in [0.29, 0.717) is 0 Å².